The van der Waals surface area contributed by atoms with Crippen LogP contribution < -0.4 is 10.5 Å². The molecule has 1 atom stereocenters. The maximum Gasteiger partial charge on any atom is 0.119 e. The van der Waals surface area contributed by atoms with E-state index in [-0.39, 0.29) is 18.4 Å². The molecule has 1 rings (SSSR count). The van der Waals surface area contributed by atoms with E-state index in [2.05, 4.69) is 26.0 Å². The molecule has 0 amide bonds. The highest BCUT2D eigenvalue weighted by atomic mass is 35.5. The second kappa shape index (κ2) is 6.77. The first-order valence-corrected chi connectivity index (χ1v) is 5.53. The molecule has 3 heteroatoms. The third kappa shape index (κ3) is 4.03. The predicted molar refractivity (Wildman–Crippen MR) is 71.7 cm³/mol. The molecule has 0 saturated heterocycles. The van der Waals surface area contributed by atoms with E-state index in [9.17, 15) is 0 Å². The van der Waals surface area contributed by atoms with Gasteiger partial charge in [0.25, 0.3) is 0 Å². The summed E-state index contributed by atoms with van der Waals surface area (Å²) in [6.45, 7) is 8.99. The van der Waals surface area contributed by atoms with E-state index in [1.54, 1.807) is 0 Å². The van der Waals surface area contributed by atoms with Crippen molar-refractivity contribution in [1.82, 2.24) is 0 Å². The van der Waals surface area contributed by atoms with Crippen LogP contribution in [0.15, 0.2) is 12.1 Å². The molecule has 0 aromatic heterocycles. The fourth-order valence-electron chi connectivity index (χ4n) is 1.85. The van der Waals surface area contributed by atoms with Gasteiger partial charge in [-0.25, -0.2) is 0 Å². The van der Waals surface area contributed by atoms with E-state index in [1.807, 2.05) is 13.8 Å². The third-order valence-electron chi connectivity index (χ3n) is 2.51. The molecular weight excluding hydrogens is 222 g/mol. The Balaban J connectivity index is 0.00000225. The van der Waals surface area contributed by atoms with Crippen LogP contribution in [0.1, 0.15) is 30.5 Å². The minimum absolute atomic E-state index is 0. The molecule has 0 aliphatic rings. The average Bonchev–Trinajstić information content (AvgIpc) is 2.11. The zero-order valence-corrected chi connectivity index (χ0v) is 11.4. The van der Waals surface area contributed by atoms with Gasteiger partial charge in [-0.15, -0.1) is 12.4 Å². The van der Waals surface area contributed by atoms with Gasteiger partial charge in [0, 0.05) is 6.04 Å². The second-order valence-corrected chi connectivity index (χ2v) is 4.15. The maximum atomic E-state index is 5.83. The third-order valence-corrected chi connectivity index (χ3v) is 2.51. The molecular formula is C13H22ClNO. The van der Waals surface area contributed by atoms with Gasteiger partial charge in [-0.3, -0.25) is 0 Å². The molecule has 0 aliphatic heterocycles. The van der Waals surface area contributed by atoms with Crippen molar-refractivity contribution in [2.75, 3.05) is 6.61 Å². The minimum atomic E-state index is 0. The molecule has 1 aromatic carbocycles. The van der Waals surface area contributed by atoms with Crippen LogP contribution in [0.2, 0.25) is 0 Å². The van der Waals surface area contributed by atoms with Gasteiger partial charge >= 0.3 is 0 Å². The number of aryl methyl sites for hydroxylation is 2. The molecule has 92 valence electrons. The normalized spacial score (nSPS) is 11.8. The molecule has 1 aromatic rings. The van der Waals surface area contributed by atoms with E-state index in [0.29, 0.717) is 6.61 Å². The lowest BCUT2D eigenvalue weighted by Crippen LogP contribution is -2.19. The average molecular weight is 244 g/mol. The summed E-state index contributed by atoms with van der Waals surface area (Å²) < 4.78 is 5.50. The summed E-state index contributed by atoms with van der Waals surface area (Å²) in [5.41, 5.74) is 9.73. The number of hydrogen-bond acceptors (Lipinski definition) is 2. The van der Waals surface area contributed by atoms with Gasteiger partial charge in [0.15, 0.2) is 0 Å². The van der Waals surface area contributed by atoms with Crippen molar-refractivity contribution < 1.29 is 4.74 Å². The lowest BCUT2D eigenvalue weighted by Gasteiger charge is -2.14. The number of nitrogens with two attached hydrogens (primary N) is 1. The first-order chi connectivity index (χ1) is 7.04. The Morgan fingerprint density at radius 2 is 1.75 bits per heavy atom. The predicted octanol–water partition coefficient (Wildman–Crippen LogP) is 3.01. The van der Waals surface area contributed by atoms with Crippen LogP contribution >= 0.6 is 12.4 Å². The quantitative estimate of drug-likeness (QED) is 0.883. The summed E-state index contributed by atoms with van der Waals surface area (Å²) in [5, 5.41) is 0. The highest BCUT2D eigenvalue weighted by molar-refractivity contribution is 5.85. The Hall–Kier alpha value is -0.730. The van der Waals surface area contributed by atoms with Crippen molar-refractivity contribution in [2.24, 2.45) is 5.73 Å². The van der Waals surface area contributed by atoms with Crippen LogP contribution in [0.25, 0.3) is 0 Å². The fraction of sp³-hybridized carbons (Fsp3) is 0.538. The van der Waals surface area contributed by atoms with E-state index in [1.165, 1.54) is 16.7 Å². The Bertz CT molecular complexity index is 314. The number of halogens is 1. The van der Waals surface area contributed by atoms with Crippen LogP contribution in [0.5, 0.6) is 5.75 Å². The van der Waals surface area contributed by atoms with Gasteiger partial charge in [0.05, 0.1) is 6.61 Å². The van der Waals surface area contributed by atoms with Crippen LogP contribution in [0.3, 0.4) is 0 Å². The minimum Gasteiger partial charge on any atom is -0.494 e. The van der Waals surface area contributed by atoms with Gasteiger partial charge in [0.2, 0.25) is 0 Å². The summed E-state index contributed by atoms with van der Waals surface area (Å²) in [6.07, 6.45) is 0.935. The first kappa shape index (κ1) is 15.3. The Morgan fingerprint density at radius 1 is 1.25 bits per heavy atom. The fourth-order valence-corrected chi connectivity index (χ4v) is 1.85. The van der Waals surface area contributed by atoms with Gasteiger partial charge < -0.3 is 10.5 Å². The molecule has 0 fully saturated rings. The Labute approximate surface area is 105 Å². The van der Waals surface area contributed by atoms with Gasteiger partial charge in [-0.2, -0.15) is 0 Å². The van der Waals surface area contributed by atoms with Crippen LogP contribution in [0.4, 0.5) is 0 Å². The van der Waals surface area contributed by atoms with Gasteiger partial charge in [0.1, 0.15) is 5.75 Å². The summed E-state index contributed by atoms with van der Waals surface area (Å²) in [7, 11) is 0. The summed E-state index contributed by atoms with van der Waals surface area (Å²) in [5.74, 6) is 0.959. The molecule has 16 heavy (non-hydrogen) atoms. The van der Waals surface area contributed by atoms with E-state index < -0.39 is 0 Å². The monoisotopic (exact) mass is 243 g/mol. The lowest BCUT2D eigenvalue weighted by molar-refractivity contribution is 0.339. The smallest absolute Gasteiger partial charge is 0.119 e. The number of benzene rings is 1. The van der Waals surface area contributed by atoms with Crippen LogP contribution in [0, 0.1) is 13.8 Å². The largest absolute Gasteiger partial charge is 0.494 e. The second-order valence-electron chi connectivity index (χ2n) is 4.15. The van der Waals surface area contributed by atoms with E-state index >= 15 is 0 Å². The van der Waals surface area contributed by atoms with Gasteiger partial charge in [-0.05, 0) is 62.9 Å². The number of ether oxygens (including phenoxy) is 1. The molecule has 0 spiro atoms. The lowest BCUT2D eigenvalue weighted by atomic mass is 9.97. The van der Waals surface area contributed by atoms with Crippen molar-refractivity contribution in [1.29, 1.82) is 0 Å². The van der Waals surface area contributed by atoms with Crippen LogP contribution in [-0.2, 0) is 6.42 Å². The number of rotatable bonds is 4. The first-order valence-electron chi connectivity index (χ1n) is 5.53. The standard InChI is InChI=1S/C13H21NO.ClH/c1-5-15-12-6-9(2)13(8-11(4)14)10(3)7-12;/h6-7,11H,5,8,14H2,1-4H3;1H. The maximum absolute atomic E-state index is 5.83. The van der Waals surface area contributed by atoms with Gasteiger partial charge in [-0.1, -0.05) is 0 Å². The molecule has 2 nitrogen and oxygen atoms in total. The molecule has 0 bridgehead atoms. The highest BCUT2D eigenvalue weighted by Gasteiger charge is 2.07. The molecule has 0 saturated carbocycles. The summed E-state index contributed by atoms with van der Waals surface area (Å²) in [4.78, 5) is 0. The number of hydrogen-bond donors (Lipinski definition) is 1. The molecule has 0 radical (unpaired) electrons. The zero-order chi connectivity index (χ0) is 11.4. The summed E-state index contributed by atoms with van der Waals surface area (Å²) in [6, 6.07) is 4.39. The topological polar surface area (TPSA) is 35.2 Å². The summed E-state index contributed by atoms with van der Waals surface area (Å²) >= 11 is 0. The Kier molecular flexibility index (Phi) is 6.46. The van der Waals surface area contributed by atoms with E-state index in [0.717, 1.165) is 12.2 Å². The molecule has 0 heterocycles. The van der Waals surface area contributed by atoms with Crippen molar-refractivity contribution in [3.8, 4) is 5.75 Å². The van der Waals surface area contributed by atoms with Crippen molar-refractivity contribution in [2.45, 2.75) is 40.2 Å². The van der Waals surface area contributed by atoms with Crippen molar-refractivity contribution in [3.63, 3.8) is 0 Å². The van der Waals surface area contributed by atoms with Crippen molar-refractivity contribution >= 4 is 12.4 Å². The van der Waals surface area contributed by atoms with Crippen molar-refractivity contribution in [3.05, 3.63) is 28.8 Å². The zero-order valence-electron chi connectivity index (χ0n) is 10.5. The SMILES string of the molecule is CCOc1cc(C)c(CC(C)N)c(C)c1.Cl. The Morgan fingerprint density at radius 3 is 2.12 bits per heavy atom. The van der Waals surface area contributed by atoms with E-state index in [4.69, 9.17) is 10.5 Å². The molecule has 1 unspecified atom stereocenters. The molecule has 2 N–H and O–H groups in total. The molecule has 0 aliphatic carbocycles. The van der Waals surface area contributed by atoms with Crippen LogP contribution in [-0.4, -0.2) is 12.6 Å². The highest BCUT2D eigenvalue weighted by Crippen LogP contribution is 2.22.